The number of carbonyl (C=O) groups excluding carboxylic acids is 1. The summed E-state index contributed by atoms with van der Waals surface area (Å²) in [6, 6.07) is 0.241. The summed E-state index contributed by atoms with van der Waals surface area (Å²) in [7, 11) is 0. The first-order valence-electron chi connectivity index (χ1n) is 7.06. The molecule has 112 valence electrons. The topological polar surface area (TPSA) is 61.8 Å². The molecule has 0 aromatic carbocycles. The van der Waals surface area contributed by atoms with Gasteiger partial charge in [0.25, 0.3) is 0 Å². The highest BCUT2D eigenvalue weighted by molar-refractivity contribution is 5.68. The molecule has 1 amide bonds. The van der Waals surface area contributed by atoms with Crippen molar-refractivity contribution in [3.8, 4) is 0 Å². The number of rotatable bonds is 4. The molecule has 0 aromatic heterocycles. The lowest BCUT2D eigenvalue weighted by Gasteiger charge is -2.26. The summed E-state index contributed by atoms with van der Waals surface area (Å²) >= 11 is 0. The molecule has 0 aliphatic carbocycles. The average Bonchev–Trinajstić information content (AvgIpc) is 2.73. The lowest BCUT2D eigenvalue weighted by atomic mass is 10.0. The molecule has 1 rings (SSSR count). The summed E-state index contributed by atoms with van der Waals surface area (Å²) in [6.45, 7) is 11.3. The first-order chi connectivity index (χ1) is 8.63. The van der Waals surface area contributed by atoms with Crippen LogP contribution >= 0.6 is 0 Å². The van der Waals surface area contributed by atoms with E-state index >= 15 is 0 Å². The van der Waals surface area contributed by atoms with Crippen molar-refractivity contribution in [1.82, 2.24) is 10.2 Å². The minimum absolute atomic E-state index is 0.241. The van der Waals surface area contributed by atoms with E-state index in [1.165, 1.54) is 0 Å². The minimum Gasteiger partial charge on any atom is -0.444 e. The molecule has 1 aliphatic heterocycles. The SMILES string of the molecule is CCC(C)(O)CNC1CCN(C(=O)OC(C)(C)C)C1. The first kappa shape index (κ1) is 16.2. The summed E-state index contributed by atoms with van der Waals surface area (Å²) in [5.41, 5.74) is -1.13. The van der Waals surface area contributed by atoms with Crippen LogP contribution in [0.15, 0.2) is 0 Å². The van der Waals surface area contributed by atoms with Crippen LogP contribution in [-0.2, 0) is 4.74 Å². The summed E-state index contributed by atoms with van der Waals surface area (Å²) in [4.78, 5) is 13.6. The molecule has 19 heavy (non-hydrogen) atoms. The smallest absolute Gasteiger partial charge is 0.410 e. The van der Waals surface area contributed by atoms with Gasteiger partial charge >= 0.3 is 6.09 Å². The van der Waals surface area contributed by atoms with Gasteiger partial charge in [0.05, 0.1) is 5.60 Å². The van der Waals surface area contributed by atoms with Crippen molar-refractivity contribution in [2.75, 3.05) is 19.6 Å². The number of hydrogen-bond donors (Lipinski definition) is 2. The predicted molar refractivity (Wildman–Crippen MR) is 75.1 cm³/mol. The first-order valence-corrected chi connectivity index (χ1v) is 7.06. The number of carbonyl (C=O) groups is 1. The second-order valence-corrected chi connectivity index (χ2v) is 6.64. The van der Waals surface area contributed by atoms with E-state index in [0.717, 1.165) is 6.42 Å². The molecular formula is C14H28N2O3. The molecule has 0 saturated carbocycles. The Morgan fingerprint density at radius 3 is 2.58 bits per heavy atom. The molecular weight excluding hydrogens is 244 g/mol. The lowest BCUT2D eigenvalue weighted by Crippen LogP contribution is -2.44. The van der Waals surface area contributed by atoms with E-state index < -0.39 is 11.2 Å². The number of nitrogens with one attached hydrogen (secondary N) is 1. The van der Waals surface area contributed by atoms with Crippen molar-refractivity contribution in [3.05, 3.63) is 0 Å². The Balaban J connectivity index is 2.36. The van der Waals surface area contributed by atoms with E-state index in [1.54, 1.807) is 4.90 Å². The zero-order valence-corrected chi connectivity index (χ0v) is 12.8. The maximum Gasteiger partial charge on any atom is 0.410 e. The highest BCUT2D eigenvalue weighted by Crippen LogP contribution is 2.16. The van der Waals surface area contributed by atoms with E-state index in [4.69, 9.17) is 4.74 Å². The van der Waals surface area contributed by atoms with Crippen molar-refractivity contribution in [2.45, 2.75) is 64.7 Å². The molecule has 2 atom stereocenters. The number of ether oxygens (including phenoxy) is 1. The van der Waals surface area contributed by atoms with Crippen LogP contribution in [0.2, 0.25) is 0 Å². The number of likely N-dealkylation sites (tertiary alicyclic amines) is 1. The Labute approximate surface area is 116 Å². The number of amides is 1. The molecule has 1 aliphatic rings. The Morgan fingerprint density at radius 1 is 1.42 bits per heavy atom. The van der Waals surface area contributed by atoms with Gasteiger partial charge in [0, 0.05) is 25.7 Å². The molecule has 1 heterocycles. The van der Waals surface area contributed by atoms with Gasteiger partial charge in [-0.3, -0.25) is 0 Å². The highest BCUT2D eigenvalue weighted by atomic mass is 16.6. The second kappa shape index (κ2) is 6.09. The predicted octanol–water partition coefficient (Wildman–Crippen LogP) is 1.75. The van der Waals surface area contributed by atoms with Crippen LogP contribution in [-0.4, -0.2) is 53.0 Å². The lowest BCUT2D eigenvalue weighted by molar-refractivity contribution is 0.0287. The summed E-state index contributed by atoms with van der Waals surface area (Å²) in [6.07, 6.45) is 1.36. The molecule has 1 saturated heterocycles. The van der Waals surface area contributed by atoms with Crippen molar-refractivity contribution >= 4 is 6.09 Å². The van der Waals surface area contributed by atoms with Crippen LogP contribution in [0.4, 0.5) is 4.79 Å². The van der Waals surface area contributed by atoms with Crippen LogP contribution in [0.1, 0.15) is 47.5 Å². The number of aliphatic hydroxyl groups is 1. The van der Waals surface area contributed by atoms with Gasteiger partial charge in [-0.2, -0.15) is 0 Å². The van der Waals surface area contributed by atoms with Crippen molar-refractivity contribution in [3.63, 3.8) is 0 Å². The molecule has 5 heteroatoms. The van der Waals surface area contributed by atoms with Crippen molar-refractivity contribution < 1.29 is 14.6 Å². The summed E-state index contributed by atoms with van der Waals surface area (Å²) in [5.74, 6) is 0. The molecule has 2 N–H and O–H groups in total. The normalized spacial score (nSPS) is 23.3. The van der Waals surface area contributed by atoms with E-state index in [2.05, 4.69) is 5.32 Å². The van der Waals surface area contributed by atoms with Crippen LogP contribution in [0.5, 0.6) is 0 Å². The van der Waals surface area contributed by atoms with E-state index in [9.17, 15) is 9.90 Å². The fraction of sp³-hybridized carbons (Fsp3) is 0.929. The zero-order valence-electron chi connectivity index (χ0n) is 12.8. The van der Waals surface area contributed by atoms with Gasteiger partial charge in [0.15, 0.2) is 0 Å². The number of hydrogen-bond acceptors (Lipinski definition) is 4. The zero-order chi connectivity index (χ0) is 14.7. The molecule has 5 nitrogen and oxygen atoms in total. The Hall–Kier alpha value is -0.810. The second-order valence-electron chi connectivity index (χ2n) is 6.64. The van der Waals surface area contributed by atoms with E-state index in [-0.39, 0.29) is 12.1 Å². The van der Waals surface area contributed by atoms with Crippen LogP contribution in [0.3, 0.4) is 0 Å². The summed E-state index contributed by atoms with van der Waals surface area (Å²) in [5, 5.41) is 13.3. The molecule has 1 fully saturated rings. The van der Waals surface area contributed by atoms with Gasteiger partial charge in [-0.15, -0.1) is 0 Å². The van der Waals surface area contributed by atoms with Crippen LogP contribution < -0.4 is 5.32 Å². The number of nitrogens with zero attached hydrogens (tertiary/aromatic N) is 1. The molecule has 0 aromatic rings. The maximum absolute atomic E-state index is 11.9. The largest absolute Gasteiger partial charge is 0.444 e. The summed E-state index contributed by atoms with van der Waals surface area (Å²) < 4.78 is 5.35. The van der Waals surface area contributed by atoms with Gasteiger partial charge in [-0.05, 0) is 40.5 Å². The fourth-order valence-corrected chi connectivity index (χ4v) is 1.91. The Bertz CT molecular complexity index is 310. The van der Waals surface area contributed by atoms with Crippen molar-refractivity contribution in [1.29, 1.82) is 0 Å². The highest BCUT2D eigenvalue weighted by Gasteiger charge is 2.30. The van der Waals surface area contributed by atoms with Gasteiger partial charge in [0.2, 0.25) is 0 Å². The molecule has 2 unspecified atom stereocenters. The Kier molecular flexibility index (Phi) is 5.21. The molecule has 0 bridgehead atoms. The quantitative estimate of drug-likeness (QED) is 0.818. The van der Waals surface area contributed by atoms with Crippen molar-refractivity contribution in [2.24, 2.45) is 0 Å². The van der Waals surface area contributed by atoms with Crippen LogP contribution in [0, 0.1) is 0 Å². The van der Waals surface area contributed by atoms with Gasteiger partial charge in [-0.25, -0.2) is 4.79 Å². The molecule has 0 spiro atoms. The van der Waals surface area contributed by atoms with Crippen LogP contribution in [0.25, 0.3) is 0 Å². The third-order valence-corrected chi connectivity index (χ3v) is 3.37. The third kappa shape index (κ3) is 5.78. The Morgan fingerprint density at radius 2 is 2.05 bits per heavy atom. The standard InChI is InChI=1S/C14H28N2O3/c1-6-14(5,18)10-15-11-7-8-16(9-11)12(17)19-13(2,3)4/h11,15,18H,6-10H2,1-5H3. The van der Waals surface area contributed by atoms with Gasteiger partial charge in [0.1, 0.15) is 5.60 Å². The average molecular weight is 272 g/mol. The third-order valence-electron chi connectivity index (χ3n) is 3.37. The maximum atomic E-state index is 11.9. The van der Waals surface area contributed by atoms with E-state index in [1.807, 2.05) is 34.6 Å². The van der Waals surface area contributed by atoms with Gasteiger partial charge < -0.3 is 20.1 Å². The minimum atomic E-state index is -0.681. The van der Waals surface area contributed by atoms with E-state index in [0.29, 0.717) is 26.1 Å². The van der Waals surface area contributed by atoms with Gasteiger partial charge in [-0.1, -0.05) is 6.92 Å². The fourth-order valence-electron chi connectivity index (χ4n) is 1.91. The monoisotopic (exact) mass is 272 g/mol. The molecule has 0 radical (unpaired) electrons.